The molecule has 1 aromatic carbocycles. The number of hydrogen-bond acceptors (Lipinski definition) is 5. The van der Waals surface area contributed by atoms with Gasteiger partial charge in [0.05, 0.1) is 24.6 Å². The molecule has 1 aliphatic rings. The molecule has 2 amide bonds. The zero-order valence-electron chi connectivity index (χ0n) is 14.3. The molecule has 0 atom stereocenters. The number of amides is 2. The van der Waals surface area contributed by atoms with Crippen molar-refractivity contribution in [2.45, 2.75) is 19.0 Å². The third-order valence-corrected chi connectivity index (χ3v) is 4.38. The Hall–Kier alpha value is -3.23. The highest BCUT2D eigenvalue weighted by atomic mass is 16.2. The first kappa shape index (κ1) is 16.2. The summed E-state index contributed by atoms with van der Waals surface area (Å²) in [6.45, 7) is 2.40. The Labute approximate surface area is 150 Å². The number of hydrogen-bond donors (Lipinski definition) is 1. The fourth-order valence-electron chi connectivity index (χ4n) is 2.89. The van der Waals surface area contributed by atoms with Crippen LogP contribution in [0, 0.1) is 0 Å². The van der Waals surface area contributed by atoms with Crippen LogP contribution in [0.3, 0.4) is 0 Å². The molecule has 1 fully saturated rings. The van der Waals surface area contributed by atoms with Gasteiger partial charge in [0.1, 0.15) is 12.2 Å². The number of aromatic nitrogens is 6. The normalized spacial score (nSPS) is 14.2. The van der Waals surface area contributed by atoms with Gasteiger partial charge in [0, 0.05) is 19.6 Å². The third kappa shape index (κ3) is 3.71. The molecule has 9 nitrogen and oxygen atoms in total. The molecule has 26 heavy (non-hydrogen) atoms. The van der Waals surface area contributed by atoms with E-state index in [1.807, 2.05) is 29.1 Å². The summed E-state index contributed by atoms with van der Waals surface area (Å²) in [6, 6.07) is 10.3. The Bertz CT molecular complexity index is 839. The molecule has 3 aromatic rings. The van der Waals surface area contributed by atoms with Gasteiger partial charge < -0.3 is 10.2 Å². The number of carbonyl (C=O) groups is 1. The maximum absolute atomic E-state index is 12.2. The van der Waals surface area contributed by atoms with E-state index in [0.29, 0.717) is 26.2 Å². The van der Waals surface area contributed by atoms with E-state index in [9.17, 15) is 4.79 Å². The van der Waals surface area contributed by atoms with E-state index >= 15 is 0 Å². The SMILES string of the molecule is O=C(NCCc1ccccc1)N1CC(n2cc(Cn3nccn3)nn2)C1. The van der Waals surface area contributed by atoms with Crippen molar-refractivity contribution in [1.82, 2.24) is 40.2 Å². The van der Waals surface area contributed by atoms with E-state index in [-0.39, 0.29) is 12.1 Å². The predicted octanol–water partition coefficient (Wildman–Crippen LogP) is 0.727. The number of nitrogens with zero attached hydrogens (tertiary/aromatic N) is 7. The molecule has 0 saturated carbocycles. The van der Waals surface area contributed by atoms with E-state index in [1.165, 1.54) is 5.56 Å². The molecule has 0 bridgehead atoms. The van der Waals surface area contributed by atoms with Crippen molar-refractivity contribution in [3.63, 3.8) is 0 Å². The van der Waals surface area contributed by atoms with Crippen LogP contribution in [0.2, 0.25) is 0 Å². The molecular weight excluding hydrogens is 332 g/mol. The van der Waals surface area contributed by atoms with Crippen LogP contribution in [0.4, 0.5) is 4.79 Å². The summed E-state index contributed by atoms with van der Waals surface area (Å²) in [6.07, 6.45) is 5.98. The van der Waals surface area contributed by atoms with Gasteiger partial charge in [-0.05, 0) is 12.0 Å². The Morgan fingerprint density at radius 2 is 1.92 bits per heavy atom. The molecule has 3 heterocycles. The highest BCUT2D eigenvalue weighted by molar-refractivity contribution is 5.75. The fraction of sp³-hybridized carbons (Fsp3) is 0.353. The first-order chi connectivity index (χ1) is 12.8. The van der Waals surface area contributed by atoms with Crippen LogP contribution in [0.15, 0.2) is 48.9 Å². The summed E-state index contributed by atoms with van der Waals surface area (Å²) in [5.41, 5.74) is 2.02. The smallest absolute Gasteiger partial charge is 0.317 e. The summed E-state index contributed by atoms with van der Waals surface area (Å²) < 4.78 is 1.81. The van der Waals surface area contributed by atoms with Crippen LogP contribution in [-0.4, -0.2) is 60.6 Å². The van der Waals surface area contributed by atoms with E-state index < -0.39 is 0 Å². The second-order valence-corrected chi connectivity index (χ2v) is 6.28. The summed E-state index contributed by atoms with van der Waals surface area (Å²) in [4.78, 5) is 15.5. The minimum absolute atomic E-state index is 0.0294. The highest BCUT2D eigenvalue weighted by Gasteiger charge is 2.32. The van der Waals surface area contributed by atoms with Crippen LogP contribution >= 0.6 is 0 Å². The Morgan fingerprint density at radius 3 is 2.69 bits per heavy atom. The van der Waals surface area contributed by atoms with Crippen LogP contribution in [0.25, 0.3) is 0 Å². The molecule has 0 spiro atoms. The van der Waals surface area contributed by atoms with Gasteiger partial charge in [-0.1, -0.05) is 35.5 Å². The lowest BCUT2D eigenvalue weighted by Crippen LogP contribution is -2.54. The topological polar surface area (TPSA) is 93.8 Å². The van der Waals surface area contributed by atoms with Gasteiger partial charge in [0.2, 0.25) is 0 Å². The molecule has 0 unspecified atom stereocenters. The molecule has 4 rings (SSSR count). The van der Waals surface area contributed by atoms with Gasteiger partial charge >= 0.3 is 6.03 Å². The summed E-state index contributed by atoms with van der Waals surface area (Å²) in [5, 5.41) is 19.4. The molecular formula is C17H20N8O. The van der Waals surface area contributed by atoms with Crippen LogP contribution in [0.5, 0.6) is 0 Å². The Balaban J connectivity index is 1.21. The van der Waals surface area contributed by atoms with Gasteiger partial charge in [0.25, 0.3) is 0 Å². The van der Waals surface area contributed by atoms with Gasteiger partial charge in [-0.2, -0.15) is 15.0 Å². The average molecular weight is 352 g/mol. The third-order valence-electron chi connectivity index (χ3n) is 4.38. The van der Waals surface area contributed by atoms with Crippen LogP contribution in [-0.2, 0) is 13.0 Å². The summed E-state index contributed by atoms with van der Waals surface area (Å²) in [7, 11) is 0. The molecule has 0 radical (unpaired) electrons. The van der Waals surface area contributed by atoms with E-state index in [2.05, 4.69) is 38.0 Å². The zero-order chi connectivity index (χ0) is 17.8. The van der Waals surface area contributed by atoms with E-state index in [1.54, 1.807) is 22.1 Å². The molecule has 1 N–H and O–H groups in total. The molecule has 1 aliphatic heterocycles. The van der Waals surface area contributed by atoms with E-state index in [0.717, 1.165) is 12.1 Å². The minimum atomic E-state index is -0.0294. The maximum atomic E-state index is 12.2. The quantitative estimate of drug-likeness (QED) is 0.706. The lowest BCUT2D eigenvalue weighted by Gasteiger charge is -2.38. The lowest BCUT2D eigenvalue weighted by atomic mass is 10.1. The van der Waals surface area contributed by atoms with E-state index in [4.69, 9.17) is 0 Å². The van der Waals surface area contributed by atoms with Crippen molar-refractivity contribution in [1.29, 1.82) is 0 Å². The van der Waals surface area contributed by atoms with Crippen LogP contribution < -0.4 is 5.32 Å². The summed E-state index contributed by atoms with van der Waals surface area (Å²) in [5.74, 6) is 0. The molecule has 1 saturated heterocycles. The molecule has 2 aromatic heterocycles. The van der Waals surface area contributed by atoms with Gasteiger partial charge in [-0.25, -0.2) is 9.48 Å². The standard InChI is InChI=1S/C17H20N8O/c26-17(18-7-6-14-4-2-1-3-5-14)23-12-16(13-23)24-10-15(21-22-24)11-25-19-8-9-20-25/h1-5,8-10,16H,6-7,11-13H2,(H,18,26). The second kappa shape index (κ2) is 7.34. The van der Waals surface area contributed by atoms with Crippen molar-refractivity contribution >= 4 is 6.03 Å². The number of nitrogens with one attached hydrogen (secondary N) is 1. The highest BCUT2D eigenvalue weighted by Crippen LogP contribution is 2.20. The Morgan fingerprint density at radius 1 is 1.15 bits per heavy atom. The van der Waals surface area contributed by atoms with Gasteiger partial charge in [-0.3, -0.25) is 0 Å². The molecule has 9 heteroatoms. The number of carbonyl (C=O) groups excluding carboxylic acids is 1. The minimum Gasteiger partial charge on any atom is -0.338 e. The van der Waals surface area contributed by atoms with Crippen molar-refractivity contribution in [2.24, 2.45) is 0 Å². The second-order valence-electron chi connectivity index (χ2n) is 6.28. The zero-order valence-corrected chi connectivity index (χ0v) is 14.3. The predicted molar refractivity (Wildman–Crippen MR) is 93.3 cm³/mol. The Kier molecular flexibility index (Phi) is 4.59. The van der Waals surface area contributed by atoms with Crippen molar-refractivity contribution in [3.05, 3.63) is 60.2 Å². The monoisotopic (exact) mass is 352 g/mol. The lowest BCUT2D eigenvalue weighted by molar-refractivity contribution is 0.117. The average Bonchev–Trinajstić information content (AvgIpc) is 3.27. The van der Waals surface area contributed by atoms with Gasteiger partial charge in [-0.15, -0.1) is 5.10 Å². The number of benzene rings is 1. The maximum Gasteiger partial charge on any atom is 0.317 e. The molecule has 0 aliphatic carbocycles. The first-order valence-corrected chi connectivity index (χ1v) is 8.59. The molecule has 134 valence electrons. The number of likely N-dealkylation sites (tertiary alicyclic amines) is 1. The first-order valence-electron chi connectivity index (χ1n) is 8.59. The largest absolute Gasteiger partial charge is 0.338 e. The van der Waals surface area contributed by atoms with Crippen molar-refractivity contribution < 1.29 is 4.79 Å². The number of urea groups is 1. The number of rotatable bonds is 6. The van der Waals surface area contributed by atoms with Crippen LogP contribution in [0.1, 0.15) is 17.3 Å². The fourth-order valence-corrected chi connectivity index (χ4v) is 2.89. The summed E-state index contributed by atoms with van der Waals surface area (Å²) >= 11 is 0. The van der Waals surface area contributed by atoms with Crippen molar-refractivity contribution in [2.75, 3.05) is 19.6 Å². The van der Waals surface area contributed by atoms with Gasteiger partial charge in [0.15, 0.2) is 0 Å². The van der Waals surface area contributed by atoms with Crippen molar-refractivity contribution in [3.8, 4) is 0 Å².